The summed E-state index contributed by atoms with van der Waals surface area (Å²) in [6, 6.07) is 0. The van der Waals surface area contributed by atoms with E-state index in [4.69, 9.17) is 15.0 Å². The molecule has 0 heterocycles. The van der Waals surface area contributed by atoms with Gasteiger partial charge in [-0.05, 0) is 20.8 Å². The third-order valence-electron chi connectivity index (χ3n) is 0.973. The van der Waals surface area contributed by atoms with Crippen LogP contribution in [0.25, 0.3) is 0 Å². The molecule has 76 valence electrons. The van der Waals surface area contributed by atoms with Gasteiger partial charge in [0.1, 0.15) is 0 Å². The monoisotopic (exact) mass is 188 g/mol. The van der Waals surface area contributed by atoms with E-state index in [-0.39, 0.29) is 5.92 Å². The molecule has 4 nitrogen and oxygen atoms in total. The lowest BCUT2D eigenvalue weighted by Crippen LogP contribution is -2.05. The van der Waals surface area contributed by atoms with Gasteiger partial charge < -0.3 is 10.2 Å². The van der Waals surface area contributed by atoms with Gasteiger partial charge in [-0.3, -0.25) is 9.59 Å². The number of carbonyl (C=O) groups is 2. The minimum absolute atomic E-state index is 0.352. The van der Waals surface area contributed by atoms with Crippen LogP contribution in [0.15, 0.2) is 11.6 Å². The fourth-order valence-electron chi connectivity index (χ4n) is 0.571. The number of rotatable bonds is 2. The first kappa shape index (κ1) is 14.2. The van der Waals surface area contributed by atoms with Gasteiger partial charge in [0, 0.05) is 6.92 Å². The molecule has 0 aliphatic heterocycles. The Hall–Kier alpha value is -1.32. The van der Waals surface area contributed by atoms with E-state index in [1.165, 1.54) is 0 Å². The third-order valence-corrected chi connectivity index (χ3v) is 0.973. The number of carboxylic acid groups (broad SMARTS) is 2. The lowest BCUT2D eigenvalue weighted by Gasteiger charge is -1.97. The van der Waals surface area contributed by atoms with Gasteiger partial charge in [-0.2, -0.15) is 0 Å². The summed E-state index contributed by atoms with van der Waals surface area (Å²) in [4.78, 5) is 19.2. The molecule has 1 unspecified atom stereocenters. The predicted molar refractivity (Wildman–Crippen MR) is 49.5 cm³/mol. The lowest BCUT2D eigenvalue weighted by molar-refractivity contribution is -0.139. The van der Waals surface area contributed by atoms with Gasteiger partial charge in [-0.15, -0.1) is 0 Å². The van der Waals surface area contributed by atoms with Crippen molar-refractivity contribution in [2.24, 2.45) is 5.92 Å². The zero-order valence-electron chi connectivity index (χ0n) is 8.37. The molecule has 0 spiro atoms. The van der Waals surface area contributed by atoms with Crippen LogP contribution < -0.4 is 0 Å². The molecule has 0 fully saturated rings. The summed E-state index contributed by atoms with van der Waals surface area (Å²) in [7, 11) is 0. The standard InChI is InChI=1S/C7H12O2.C2H4O2/c1-5(2)4-6(3)7(8)9;1-2(3)4/h4,6H,1-3H3,(H,8,9);1H3,(H,3,4). The second kappa shape index (κ2) is 7.34. The first-order chi connectivity index (χ1) is 5.77. The van der Waals surface area contributed by atoms with Crippen molar-refractivity contribution in [2.75, 3.05) is 0 Å². The van der Waals surface area contributed by atoms with Crippen molar-refractivity contribution in [1.29, 1.82) is 0 Å². The van der Waals surface area contributed by atoms with E-state index in [9.17, 15) is 4.79 Å². The van der Waals surface area contributed by atoms with Crippen molar-refractivity contribution in [3.63, 3.8) is 0 Å². The van der Waals surface area contributed by atoms with Crippen molar-refractivity contribution in [3.8, 4) is 0 Å². The number of allylic oxidation sites excluding steroid dienone is 1. The molecule has 1 atom stereocenters. The molecule has 0 aliphatic rings. The maximum atomic E-state index is 10.2. The highest BCUT2D eigenvalue weighted by Gasteiger charge is 2.04. The molecule has 0 bridgehead atoms. The molecule has 0 radical (unpaired) electrons. The molecule has 0 aromatic carbocycles. The molecule has 0 saturated heterocycles. The average Bonchev–Trinajstić information content (AvgIpc) is 1.83. The maximum Gasteiger partial charge on any atom is 0.310 e. The smallest absolute Gasteiger partial charge is 0.310 e. The van der Waals surface area contributed by atoms with Crippen molar-refractivity contribution >= 4 is 11.9 Å². The van der Waals surface area contributed by atoms with Crippen LogP contribution in [-0.2, 0) is 9.59 Å². The summed E-state index contributed by atoms with van der Waals surface area (Å²) in [6.07, 6.45) is 1.72. The molecule has 0 aromatic rings. The van der Waals surface area contributed by atoms with E-state index in [1.807, 2.05) is 13.8 Å². The number of hydrogen-bond donors (Lipinski definition) is 2. The zero-order valence-corrected chi connectivity index (χ0v) is 8.37. The summed E-state index contributed by atoms with van der Waals surface area (Å²) in [5.74, 6) is -1.95. The van der Waals surface area contributed by atoms with Gasteiger partial charge in [0.05, 0.1) is 5.92 Å². The van der Waals surface area contributed by atoms with Crippen LogP contribution in [-0.4, -0.2) is 22.2 Å². The molecule has 0 aliphatic carbocycles. The average molecular weight is 188 g/mol. The van der Waals surface area contributed by atoms with E-state index < -0.39 is 11.9 Å². The fourth-order valence-corrected chi connectivity index (χ4v) is 0.571. The van der Waals surface area contributed by atoms with Gasteiger partial charge in [-0.25, -0.2) is 0 Å². The second-order valence-corrected chi connectivity index (χ2v) is 2.89. The first-order valence-corrected chi connectivity index (χ1v) is 3.84. The molecular weight excluding hydrogens is 172 g/mol. The van der Waals surface area contributed by atoms with Gasteiger partial charge in [0.25, 0.3) is 5.97 Å². The Bertz CT molecular complexity index is 198. The highest BCUT2D eigenvalue weighted by atomic mass is 16.4. The van der Waals surface area contributed by atoms with Gasteiger partial charge in [0.15, 0.2) is 0 Å². The Labute approximate surface area is 77.9 Å². The van der Waals surface area contributed by atoms with Crippen LogP contribution in [0.1, 0.15) is 27.7 Å². The van der Waals surface area contributed by atoms with Crippen LogP contribution in [0.2, 0.25) is 0 Å². The molecule has 13 heavy (non-hydrogen) atoms. The highest BCUT2D eigenvalue weighted by Crippen LogP contribution is 2.00. The fraction of sp³-hybridized carbons (Fsp3) is 0.556. The Balaban J connectivity index is 0. The second-order valence-electron chi connectivity index (χ2n) is 2.89. The summed E-state index contributed by atoms with van der Waals surface area (Å²) in [6.45, 7) is 6.52. The van der Waals surface area contributed by atoms with Crippen LogP contribution in [0.4, 0.5) is 0 Å². The minimum Gasteiger partial charge on any atom is -0.481 e. The largest absolute Gasteiger partial charge is 0.481 e. The molecule has 4 heteroatoms. The number of hydrogen-bond acceptors (Lipinski definition) is 2. The van der Waals surface area contributed by atoms with Crippen LogP contribution >= 0.6 is 0 Å². The Morgan fingerprint density at radius 2 is 1.46 bits per heavy atom. The molecule has 0 aromatic heterocycles. The minimum atomic E-state index is -0.833. The van der Waals surface area contributed by atoms with Crippen LogP contribution in [0, 0.1) is 5.92 Å². The van der Waals surface area contributed by atoms with E-state index >= 15 is 0 Å². The topological polar surface area (TPSA) is 74.6 Å². The number of carboxylic acids is 2. The van der Waals surface area contributed by atoms with Gasteiger partial charge >= 0.3 is 5.97 Å². The molecular formula is C9H16O4. The van der Waals surface area contributed by atoms with E-state index in [0.29, 0.717) is 0 Å². The molecule has 0 saturated carbocycles. The van der Waals surface area contributed by atoms with Crippen molar-refractivity contribution in [2.45, 2.75) is 27.7 Å². The van der Waals surface area contributed by atoms with Gasteiger partial charge in [0.2, 0.25) is 0 Å². The third kappa shape index (κ3) is 18.0. The van der Waals surface area contributed by atoms with Gasteiger partial charge in [-0.1, -0.05) is 11.6 Å². The maximum absolute atomic E-state index is 10.2. The summed E-state index contributed by atoms with van der Waals surface area (Å²) in [5, 5.41) is 15.8. The quantitative estimate of drug-likeness (QED) is 0.647. The van der Waals surface area contributed by atoms with E-state index in [0.717, 1.165) is 12.5 Å². The highest BCUT2D eigenvalue weighted by molar-refractivity contribution is 5.71. The summed E-state index contributed by atoms with van der Waals surface area (Å²) >= 11 is 0. The van der Waals surface area contributed by atoms with E-state index in [2.05, 4.69) is 0 Å². The molecule has 0 amide bonds. The summed E-state index contributed by atoms with van der Waals surface area (Å²) < 4.78 is 0. The number of aliphatic carboxylic acids is 2. The predicted octanol–water partition coefficient (Wildman–Crippen LogP) is 1.76. The molecule has 0 rings (SSSR count). The van der Waals surface area contributed by atoms with E-state index in [1.54, 1.807) is 13.0 Å². The molecule has 2 N–H and O–H groups in total. The van der Waals surface area contributed by atoms with Crippen LogP contribution in [0.5, 0.6) is 0 Å². The zero-order chi connectivity index (χ0) is 11.0. The Morgan fingerprint density at radius 1 is 1.15 bits per heavy atom. The van der Waals surface area contributed by atoms with Crippen molar-refractivity contribution in [3.05, 3.63) is 11.6 Å². The van der Waals surface area contributed by atoms with Crippen LogP contribution in [0.3, 0.4) is 0 Å². The first-order valence-electron chi connectivity index (χ1n) is 3.84. The lowest BCUT2D eigenvalue weighted by atomic mass is 10.1. The summed E-state index contributed by atoms with van der Waals surface area (Å²) in [5.41, 5.74) is 1.05. The normalized spacial score (nSPS) is 10.5. The van der Waals surface area contributed by atoms with Crippen molar-refractivity contribution < 1.29 is 19.8 Å². The van der Waals surface area contributed by atoms with Crippen molar-refractivity contribution in [1.82, 2.24) is 0 Å². The Morgan fingerprint density at radius 3 is 1.54 bits per heavy atom. The SMILES string of the molecule is CC(=O)O.CC(C)=CC(C)C(=O)O. The Kier molecular flexibility index (Phi) is 8.02.